The number of benzene rings is 2. The summed E-state index contributed by atoms with van der Waals surface area (Å²) < 4.78 is 41.8. The number of alkyl halides is 1. The Morgan fingerprint density at radius 3 is 2.78 bits per heavy atom. The van der Waals surface area contributed by atoms with Crippen molar-refractivity contribution in [3.63, 3.8) is 0 Å². The molecule has 0 amide bonds. The second-order valence-electron chi connectivity index (χ2n) is 12.5. The van der Waals surface area contributed by atoms with Crippen molar-refractivity contribution in [2.24, 2.45) is 0 Å². The van der Waals surface area contributed by atoms with Gasteiger partial charge in [0.2, 0.25) is 0 Å². The standard InChI is InChI=1S/C29H21ClFN7O2S.C7H12FN/c1-4-38-17(10-14-8-9-35-19(33)11-14)13(2)40-26-22-25(36-29(39-3)37-28(22)38)24(31)21(23(26)30)15-6-5-7-18-20(15)16(12-32)27(34)41-18;8-6-4-7-2-1-3-9(7)5-6/h1,5-9,11,13,17H,10,34H2,2-3H3,(H2,33,35);6-7H,1-5H2. The molecule has 2 aromatic carbocycles. The first-order valence-electron chi connectivity index (χ1n) is 16.1. The number of ether oxygens (including phenoxy) is 2. The highest BCUT2D eigenvalue weighted by atomic mass is 35.5. The van der Waals surface area contributed by atoms with Gasteiger partial charge in [-0.1, -0.05) is 30.2 Å². The molecule has 0 spiro atoms. The van der Waals surface area contributed by atoms with Crippen LogP contribution in [0.4, 0.5) is 25.4 Å². The van der Waals surface area contributed by atoms with Gasteiger partial charge in [0.05, 0.1) is 29.1 Å². The molecule has 6 heterocycles. The Labute approximate surface area is 296 Å². The lowest BCUT2D eigenvalue weighted by atomic mass is 9.96. The van der Waals surface area contributed by atoms with Gasteiger partial charge >= 0.3 is 6.01 Å². The van der Waals surface area contributed by atoms with Crippen molar-refractivity contribution in [2.75, 3.05) is 36.6 Å². The lowest BCUT2D eigenvalue weighted by molar-refractivity contribution is 0.194. The number of nitrogen functional groups attached to an aromatic ring is 2. The average molecular weight is 715 g/mol. The number of methoxy groups -OCH3 is 1. The average Bonchev–Trinajstić information content (AvgIpc) is 3.76. The van der Waals surface area contributed by atoms with Crippen molar-refractivity contribution in [3.05, 3.63) is 58.5 Å². The van der Waals surface area contributed by atoms with E-state index in [9.17, 15) is 9.65 Å². The molecule has 3 aromatic heterocycles. The number of hydrogen-bond donors (Lipinski definition) is 2. The van der Waals surface area contributed by atoms with Crippen LogP contribution in [0.2, 0.25) is 5.02 Å². The summed E-state index contributed by atoms with van der Waals surface area (Å²) in [7, 11) is 1.38. The van der Waals surface area contributed by atoms with Gasteiger partial charge in [-0.05, 0) is 68.5 Å². The van der Waals surface area contributed by atoms with Gasteiger partial charge in [0.25, 0.3) is 0 Å². The number of nitriles is 1. The van der Waals surface area contributed by atoms with Gasteiger partial charge in [-0.15, -0.1) is 11.3 Å². The van der Waals surface area contributed by atoms with Crippen LogP contribution in [0.1, 0.15) is 37.3 Å². The fourth-order valence-electron chi connectivity index (χ4n) is 7.27. The molecule has 8 rings (SSSR count). The zero-order chi connectivity index (χ0) is 35.3. The fourth-order valence-corrected chi connectivity index (χ4v) is 8.54. The van der Waals surface area contributed by atoms with Gasteiger partial charge in [0.15, 0.2) is 17.4 Å². The Bertz CT molecular complexity index is 2210. The van der Waals surface area contributed by atoms with E-state index in [0.29, 0.717) is 45.5 Å². The molecule has 2 saturated heterocycles. The molecule has 0 radical (unpaired) electrons. The summed E-state index contributed by atoms with van der Waals surface area (Å²) in [5.74, 6) is -0.00535. The van der Waals surface area contributed by atoms with E-state index in [0.717, 1.165) is 18.5 Å². The predicted octanol–water partition coefficient (Wildman–Crippen LogP) is 6.73. The molecule has 3 aliphatic heterocycles. The van der Waals surface area contributed by atoms with Gasteiger partial charge in [-0.3, -0.25) is 9.80 Å². The molecule has 3 aliphatic rings. The maximum Gasteiger partial charge on any atom is 0.318 e. The van der Waals surface area contributed by atoms with Crippen LogP contribution in [0.15, 0.2) is 36.5 Å². The second-order valence-corrected chi connectivity index (χ2v) is 14.0. The maximum absolute atomic E-state index is 16.7. The van der Waals surface area contributed by atoms with Crippen molar-refractivity contribution >= 4 is 60.6 Å². The summed E-state index contributed by atoms with van der Waals surface area (Å²) in [6.07, 6.45) is 10.3. The molecule has 4 atom stereocenters. The number of hydrogen-bond acceptors (Lipinski definition) is 11. The molecular weight excluding hydrogens is 682 g/mol. The zero-order valence-electron chi connectivity index (χ0n) is 27.3. The predicted molar refractivity (Wildman–Crippen MR) is 193 cm³/mol. The van der Waals surface area contributed by atoms with Crippen molar-refractivity contribution in [3.8, 4) is 41.4 Å². The van der Waals surface area contributed by atoms with E-state index in [1.165, 1.54) is 31.3 Å². The molecule has 0 saturated carbocycles. The highest BCUT2D eigenvalue weighted by Gasteiger charge is 2.38. The number of halogens is 3. The second kappa shape index (κ2) is 13.4. The van der Waals surface area contributed by atoms with Crippen LogP contribution in [0, 0.1) is 29.6 Å². The maximum atomic E-state index is 16.7. The number of pyridine rings is 1. The quantitative estimate of drug-likeness (QED) is 0.193. The third-order valence-corrected chi connectivity index (χ3v) is 10.9. The van der Waals surface area contributed by atoms with Crippen molar-refractivity contribution in [2.45, 2.75) is 57.0 Å². The molecule has 14 heteroatoms. The number of nitrogens with zero attached hydrogens (tertiary/aromatic N) is 6. The lowest BCUT2D eigenvalue weighted by Gasteiger charge is -2.30. The first-order valence-corrected chi connectivity index (χ1v) is 17.3. The Kier molecular flexibility index (Phi) is 8.99. The zero-order valence-corrected chi connectivity index (χ0v) is 28.9. The van der Waals surface area contributed by atoms with Gasteiger partial charge in [0.1, 0.15) is 34.7 Å². The Hall–Kier alpha value is -4.95. The van der Waals surface area contributed by atoms with Crippen LogP contribution in [0.5, 0.6) is 11.8 Å². The molecule has 0 aliphatic carbocycles. The molecule has 4 N–H and O–H groups in total. The summed E-state index contributed by atoms with van der Waals surface area (Å²) in [5.41, 5.74) is 13.5. The minimum Gasteiger partial charge on any atom is -0.486 e. The normalized spacial score (nSPS) is 21.1. The van der Waals surface area contributed by atoms with E-state index >= 15 is 4.39 Å². The van der Waals surface area contributed by atoms with Crippen molar-refractivity contribution < 1.29 is 18.3 Å². The largest absolute Gasteiger partial charge is 0.486 e. The van der Waals surface area contributed by atoms with Crippen LogP contribution >= 0.6 is 22.9 Å². The number of aromatic nitrogens is 3. The highest BCUT2D eigenvalue weighted by molar-refractivity contribution is 7.23. The number of anilines is 3. The fraction of sp³-hybridized carbons (Fsp3) is 0.333. The van der Waals surface area contributed by atoms with Crippen molar-refractivity contribution in [1.82, 2.24) is 19.9 Å². The van der Waals surface area contributed by atoms with E-state index in [-0.39, 0.29) is 44.6 Å². The van der Waals surface area contributed by atoms with Crippen LogP contribution < -0.4 is 25.8 Å². The lowest BCUT2D eigenvalue weighted by Crippen LogP contribution is -2.43. The Morgan fingerprint density at radius 2 is 2.06 bits per heavy atom. The number of nitrogens with two attached hydrogens (primary N) is 2. The van der Waals surface area contributed by atoms with E-state index in [2.05, 4.69) is 32.0 Å². The molecular formula is C36H33ClF2N8O2S. The van der Waals surface area contributed by atoms with Crippen LogP contribution in [-0.4, -0.2) is 64.4 Å². The number of rotatable bonds is 4. The van der Waals surface area contributed by atoms with Crippen LogP contribution in [0.25, 0.3) is 32.1 Å². The smallest absolute Gasteiger partial charge is 0.318 e. The summed E-state index contributed by atoms with van der Waals surface area (Å²) in [6, 6.07) is 13.7. The molecule has 50 heavy (non-hydrogen) atoms. The van der Waals surface area contributed by atoms with Crippen LogP contribution in [-0.2, 0) is 6.42 Å². The van der Waals surface area contributed by atoms with E-state index < -0.39 is 24.1 Å². The van der Waals surface area contributed by atoms with Gasteiger partial charge in [-0.25, -0.2) is 13.8 Å². The number of terminal acetylenes is 1. The highest BCUT2D eigenvalue weighted by Crippen LogP contribution is 2.51. The molecule has 10 nitrogen and oxygen atoms in total. The summed E-state index contributed by atoms with van der Waals surface area (Å²) >= 11 is 8.25. The molecule has 4 unspecified atom stereocenters. The summed E-state index contributed by atoms with van der Waals surface area (Å²) in [5, 5.41) is 10.9. The Morgan fingerprint density at radius 1 is 1.24 bits per heavy atom. The summed E-state index contributed by atoms with van der Waals surface area (Å²) in [6.45, 7) is 3.70. The third kappa shape index (κ3) is 5.75. The molecule has 0 bridgehead atoms. The SMILES string of the molecule is C#CN1c2nc(OC)nc3c(F)c(-c4cccc5sc(N)c(C#N)c45)c(Cl)c(c23)OC(C)C1Cc1ccnc(N)c1.FC1CC2CCCN2C1. The molecule has 2 fully saturated rings. The summed E-state index contributed by atoms with van der Waals surface area (Å²) in [4.78, 5) is 16.8. The van der Waals surface area contributed by atoms with E-state index in [1.54, 1.807) is 29.3 Å². The Balaban J connectivity index is 0.000000375. The number of thiophene rings is 1. The van der Waals surface area contributed by atoms with Gasteiger partial charge in [0, 0.05) is 40.5 Å². The third-order valence-electron chi connectivity index (χ3n) is 9.54. The van der Waals surface area contributed by atoms with Crippen molar-refractivity contribution in [1.29, 1.82) is 5.26 Å². The number of fused-ring (bicyclic) bond motifs is 2. The van der Waals surface area contributed by atoms with E-state index in [1.807, 2.05) is 19.1 Å². The first kappa shape index (κ1) is 33.5. The van der Waals surface area contributed by atoms with Gasteiger partial charge < -0.3 is 20.9 Å². The monoisotopic (exact) mass is 714 g/mol. The first-order chi connectivity index (χ1) is 24.1. The minimum atomic E-state index is -0.745. The van der Waals surface area contributed by atoms with Gasteiger partial charge in [-0.2, -0.15) is 15.2 Å². The van der Waals surface area contributed by atoms with E-state index in [4.69, 9.17) is 39.0 Å². The molecule has 5 aromatic rings. The minimum absolute atomic E-state index is 0.0104. The topological polar surface area (TPSA) is 139 Å². The van der Waals surface area contributed by atoms with Crippen LogP contribution in [0.3, 0.4) is 0 Å². The molecule has 256 valence electrons.